The Labute approximate surface area is 103 Å². The van der Waals surface area contributed by atoms with E-state index in [1.54, 1.807) is 18.4 Å². The normalized spacial score (nSPS) is 11.0. The van der Waals surface area contributed by atoms with Gasteiger partial charge in [0.05, 0.1) is 7.11 Å². The fourth-order valence-corrected chi connectivity index (χ4v) is 2.62. The van der Waals surface area contributed by atoms with Gasteiger partial charge in [0, 0.05) is 6.54 Å². The molecule has 0 fully saturated rings. The van der Waals surface area contributed by atoms with Gasteiger partial charge < -0.3 is 9.64 Å². The standard InChI is InChI=1S/C13H23NOS/c1-4-7-14(8-5-2)9-6-12-10-13(15-3)16-11-12/h10-11H,4-9H2,1-3H3. The fraction of sp³-hybridized carbons (Fsp3) is 0.692. The minimum atomic E-state index is 1.02. The van der Waals surface area contributed by atoms with Crippen LogP contribution in [0.3, 0.4) is 0 Å². The van der Waals surface area contributed by atoms with Crippen LogP contribution in [0.4, 0.5) is 0 Å². The van der Waals surface area contributed by atoms with Crippen LogP contribution >= 0.6 is 11.3 Å². The first-order chi connectivity index (χ1) is 7.80. The minimum Gasteiger partial charge on any atom is -0.487 e. The van der Waals surface area contributed by atoms with Crippen LogP contribution < -0.4 is 4.74 Å². The largest absolute Gasteiger partial charge is 0.487 e. The summed E-state index contributed by atoms with van der Waals surface area (Å²) in [5.41, 5.74) is 1.40. The first-order valence-corrected chi connectivity index (χ1v) is 7.01. The van der Waals surface area contributed by atoms with E-state index >= 15 is 0 Å². The van der Waals surface area contributed by atoms with Gasteiger partial charge in [-0.3, -0.25) is 0 Å². The molecule has 1 aromatic rings. The lowest BCUT2D eigenvalue weighted by molar-refractivity contribution is 0.278. The number of rotatable bonds is 8. The Morgan fingerprint density at radius 3 is 2.38 bits per heavy atom. The first-order valence-electron chi connectivity index (χ1n) is 6.13. The molecule has 0 spiro atoms. The fourth-order valence-electron chi connectivity index (χ4n) is 1.85. The third kappa shape index (κ3) is 4.54. The van der Waals surface area contributed by atoms with Crippen molar-refractivity contribution in [2.45, 2.75) is 33.1 Å². The Kier molecular flexibility index (Phi) is 6.50. The molecule has 92 valence electrons. The minimum absolute atomic E-state index is 1.02. The molecule has 1 rings (SSSR count). The Morgan fingerprint density at radius 1 is 1.19 bits per heavy atom. The monoisotopic (exact) mass is 241 g/mol. The van der Waals surface area contributed by atoms with Gasteiger partial charge in [-0.25, -0.2) is 0 Å². The first kappa shape index (κ1) is 13.5. The van der Waals surface area contributed by atoms with E-state index in [0.717, 1.165) is 11.5 Å². The number of nitrogens with zero attached hydrogens (tertiary/aromatic N) is 1. The Balaban J connectivity index is 2.35. The van der Waals surface area contributed by atoms with Crippen LogP contribution in [0.5, 0.6) is 5.06 Å². The summed E-state index contributed by atoms with van der Waals surface area (Å²) in [5, 5.41) is 3.22. The van der Waals surface area contributed by atoms with Crippen molar-refractivity contribution in [2.24, 2.45) is 0 Å². The maximum atomic E-state index is 5.20. The number of hydrogen-bond acceptors (Lipinski definition) is 3. The predicted molar refractivity (Wildman–Crippen MR) is 71.6 cm³/mol. The van der Waals surface area contributed by atoms with Crippen LogP contribution in [0.1, 0.15) is 32.3 Å². The Bertz CT molecular complexity index is 279. The molecule has 0 radical (unpaired) electrons. The van der Waals surface area contributed by atoms with E-state index in [-0.39, 0.29) is 0 Å². The average molecular weight is 241 g/mol. The molecule has 0 saturated heterocycles. The van der Waals surface area contributed by atoms with Crippen molar-refractivity contribution >= 4 is 11.3 Å². The van der Waals surface area contributed by atoms with Gasteiger partial charge in [-0.15, -0.1) is 11.3 Å². The molecule has 0 aliphatic carbocycles. The van der Waals surface area contributed by atoms with E-state index in [4.69, 9.17) is 4.74 Å². The van der Waals surface area contributed by atoms with Crippen LogP contribution in [-0.4, -0.2) is 31.6 Å². The molecule has 1 heterocycles. The van der Waals surface area contributed by atoms with Gasteiger partial charge in [0.15, 0.2) is 5.06 Å². The third-order valence-electron chi connectivity index (χ3n) is 2.63. The summed E-state index contributed by atoms with van der Waals surface area (Å²) in [4.78, 5) is 2.55. The van der Waals surface area contributed by atoms with Gasteiger partial charge in [-0.1, -0.05) is 13.8 Å². The van der Waals surface area contributed by atoms with E-state index in [9.17, 15) is 0 Å². The van der Waals surface area contributed by atoms with Crippen LogP contribution in [-0.2, 0) is 6.42 Å². The van der Waals surface area contributed by atoms with Crippen molar-refractivity contribution < 1.29 is 4.74 Å². The van der Waals surface area contributed by atoms with Crippen molar-refractivity contribution in [2.75, 3.05) is 26.7 Å². The van der Waals surface area contributed by atoms with E-state index in [2.05, 4.69) is 30.2 Å². The molecule has 0 aromatic carbocycles. The molecule has 16 heavy (non-hydrogen) atoms. The molecule has 0 saturated carbocycles. The Hall–Kier alpha value is -0.540. The summed E-state index contributed by atoms with van der Waals surface area (Å²) in [5.74, 6) is 0. The summed E-state index contributed by atoms with van der Waals surface area (Å²) < 4.78 is 5.20. The van der Waals surface area contributed by atoms with Crippen molar-refractivity contribution in [3.05, 3.63) is 17.0 Å². The molecule has 0 aliphatic heterocycles. The van der Waals surface area contributed by atoms with E-state index < -0.39 is 0 Å². The highest BCUT2D eigenvalue weighted by atomic mass is 32.1. The smallest absolute Gasteiger partial charge is 0.173 e. The summed E-state index contributed by atoms with van der Waals surface area (Å²) in [6.45, 7) is 8.10. The van der Waals surface area contributed by atoms with Crippen LogP contribution in [0.2, 0.25) is 0 Å². The summed E-state index contributed by atoms with van der Waals surface area (Å²) in [6.07, 6.45) is 3.62. The molecule has 0 aliphatic rings. The van der Waals surface area contributed by atoms with Crippen molar-refractivity contribution in [1.82, 2.24) is 4.90 Å². The number of thiophene rings is 1. The van der Waals surface area contributed by atoms with Crippen LogP contribution in [0.25, 0.3) is 0 Å². The lowest BCUT2D eigenvalue weighted by Crippen LogP contribution is -2.27. The second-order valence-corrected chi connectivity index (χ2v) is 4.94. The summed E-state index contributed by atoms with van der Waals surface area (Å²) in [7, 11) is 1.73. The Morgan fingerprint density at radius 2 is 1.88 bits per heavy atom. The van der Waals surface area contributed by atoms with Crippen molar-refractivity contribution in [3.63, 3.8) is 0 Å². The number of methoxy groups -OCH3 is 1. The third-order valence-corrected chi connectivity index (χ3v) is 3.56. The maximum Gasteiger partial charge on any atom is 0.173 e. The highest BCUT2D eigenvalue weighted by Crippen LogP contribution is 2.22. The maximum absolute atomic E-state index is 5.20. The lowest BCUT2D eigenvalue weighted by atomic mass is 10.2. The molecule has 1 aromatic heterocycles. The molecule has 0 unspecified atom stereocenters. The van der Waals surface area contributed by atoms with Gasteiger partial charge in [0.1, 0.15) is 0 Å². The van der Waals surface area contributed by atoms with Gasteiger partial charge in [0.2, 0.25) is 0 Å². The summed E-state index contributed by atoms with van der Waals surface area (Å²) in [6, 6.07) is 2.15. The van der Waals surface area contributed by atoms with Crippen molar-refractivity contribution in [1.29, 1.82) is 0 Å². The number of hydrogen-bond donors (Lipinski definition) is 0. The van der Waals surface area contributed by atoms with E-state index in [1.165, 1.54) is 38.0 Å². The quantitative estimate of drug-likeness (QED) is 0.691. The predicted octanol–water partition coefficient (Wildman–Crippen LogP) is 3.42. The summed E-state index contributed by atoms with van der Waals surface area (Å²) >= 11 is 1.69. The molecular formula is C13H23NOS. The van der Waals surface area contributed by atoms with Gasteiger partial charge >= 0.3 is 0 Å². The molecule has 2 nitrogen and oxygen atoms in total. The molecule has 0 amide bonds. The second-order valence-electron chi connectivity index (χ2n) is 4.07. The molecule has 0 N–H and O–H groups in total. The van der Waals surface area contributed by atoms with Gasteiger partial charge in [0.25, 0.3) is 0 Å². The zero-order chi connectivity index (χ0) is 11.8. The van der Waals surface area contributed by atoms with Crippen LogP contribution in [0, 0.1) is 0 Å². The van der Waals surface area contributed by atoms with E-state index in [0.29, 0.717) is 0 Å². The average Bonchev–Trinajstić information content (AvgIpc) is 2.74. The molecule has 0 atom stereocenters. The topological polar surface area (TPSA) is 12.5 Å². The highest BCUT2D eigenvalue weighted by Gasteiger charge is 2.04. The molecular weight excluding hydrogens is 218 g/mol. The van der Waals surface area contributed by atoms with Crippen molar-refractivity contribution in [3.8, 4) is 5.06 Å². The molecule has 3 heteroatoms. The highest BCUT2D eigenvalue weighted by molar-refractivity contribution is 7.12. The lowest BCUT2D eigenvalue weighted by Gasteiger charge is -2.20. The van der Waals surface area contributed by atoms with Gasteiger partial charge in [-0.2, -0.15) is 0 Å². The zero-order valence-corrected chi connectivity index (χ0v) is 11.5. The second kappa shape index (κ2) is 7.69. The number of ether oxygens (including phenoxy) is 1. The SMILES string of the molecule is CCCN(CCC)CCc1csc(OC)c1. The van der Waals surface area contributed by atoms with Crippen LogP contribution in [0.15, 0.2) is 11.4 Å². The zero-order valence-electron chi connectivity index (χ0n) is 10.7. The van der Waals surface area contributed by atoms with Gasteiger partial charge in [-0.05, 0) is 49.4 Å². The molecule has 0 bridgehead atoms. The van der Waals surface area contributed by atoms with E-state index in [1.807, 2.05) is 0 Å².